The summed E-state index contributed by atoms with van der Waals surface area (Å²) in [7, 11) is 0. The number of halogens is 1. The maximum absolute atomic E-state index is 13.7. The van der Waals surface area contributed by atoms with Crippen LogP contribution in [0.3, 0.4) is 0 Å². The van der Waals surface area contributed by atoms with Gasteiger partial charge < -0.3 is 5.73 Å². The summed E-state index contributed by atoms with van der Waals surface area (Å²) in [5.74, 6) is -0.159. The van der Waals surface area contributed by atoms with Crippen LogP contribution in [-0.4, -0.2) is 12.3 Å². The number of hydrogen-bond acceptors (Lipinski definition) is 2. The van der Waals surface area contributed by atoms with E-state index in [1.165, 1.54) is 6.07 Å². The lowest BCUT2D eigenvalue weighted by Gasteiger charge is -2.30. The number of nitrogens with two attached hydrogens (primary N) is 1. The van der Waals surface area contributed by atoms with Crippen LogP contribution in [0.15, 0.2) is 18.2 Å². The molecule has 0 saturated carbocycles. The minimum absolute atomic E-state index is 0.113. The smallest absolute Gasteiger partial charge is 0.165 e. The maximum atomic E-state index is 13.7. The topological polar surface area (TPSA) is 43.1 Å². The molecular formula is C17H26FNO. The lowest BCUT2D eigenvalue weighted by atomic mass is 9.75. The van der Waals surface area contributed by atoms with Gasteiger partial charge in [-0.3, -0.25) is 4.79 Å². The van der Waals surface area contributed by atoms with Crippen LogP contribution in [0.5, 0.6) is 0 Å². The number of carbonyl (C=O) groups excluding carboxylic acids is 1. The van der Waals surface area contributed by atoms with Crippen molar-refractivity contribution in [2.45, 2.75) is 47.0 Å². The number of benzene rings is 1. The average molecular weight is 279 g/mol. The summed E-state index contributed by atoms with van der Waals surface area (Å²) in [5.41, 5.74) is 6.88. The first-order valence-corrected chi connectivity index (χ1v) is 7.25. The van der Waals surface area contributed by atoms with E-state index in [-0.39, 0.29) is 16.8 Å². The van der Waals surface area contributed by atoms with E-state index in [4.69, 9.17) is 5.73 Å². The zero-order valence-electron chi connectivity index (χ0n) is 13.0. The molecule has 0 aromatic heterocycles. The van der Waals surface area contributed by atoms with Gasteiger partial charge in [0.2, 0.25) is 0 Å². The summed E-state index contributed by atoms with van der Waals surface area (Å²) >= 11 is 0. The van der Waals surface area contributed by atoms with Crippen molar-refractivity contribution in [3.8, 4) is 0 Å². The Balaban J connectivity index is 2.73. The van der Waals surface area contributed by atoms with Crippen LogP contribution in [0.4, 0.5) is 4.39 Å². The second kappa shape index (κ2) is 6.98. The van der Waals surface area contributed by atoms with Gasteiger partial charge in [0.15, 0.2) is 5.78 Å². The Hall–Kier alpha value is -1.22. The average Bonchev–Trinajstić information content (AvgIpc) is 2.35. The molecule has 2 N–H and O–H groups in total. The number of hydrogen-bond donors (Lipinski definition) is 1. The normalized spacial score (nSPS) is 13.3. The van der Waals surface area contributed by atoms with Gasteiger partial charge in [0.05, 0.1) is 5.56 Å². The quantitative estimate of drug-likeness (QED) is 0.796. The largest absolute Gasteiger partial charge is 0.330 e. The Morgan fingerprint density at radius 2 is 1.95 bits per heavy atom. The van der Waals surface area contributed by atoms with Crippen LogP contribution in [0.1, 0.15) is 56.0 Å². The number of ketones is 1. The number of rotatable bonds is 6. The highest BCUT2D eigenvalue weighted by molar-refractivity contribution is 5.96. The summed E-state index contributed by atoms with van der Waals surface area (Å²) in [5, 5.41) is 0. The van der Waals surface area contributed by atoms with Crippen LogP contribution in [0.25, 0.3) is 0 Å². The van der Waals surface area contributed by atoms with E-state index in [2.05, 4.69) is 20.8 Å². The summed E-state index contributed by atoms with van der Waals surface area (Å²) < 4.78 is 13.7. The van der Waals surface area contributed by atoms with Gasteiger partial charge in [-0.2, -0.15) is 0 Å². The molecule has 1 aromatic rings. The van der Waals surface area contributed by atoms with Crippen molar-refractivity contribution in [3.63, 3.8) is 0 Å². The molecule has 20 heavy (non-hydrogen) atoms. The zero-order valence-corrected chi connectivity index (χ0v) is 13.0. The van der Waals surface area contributed by atoms with Crippen molar-refractivity contribution >= 4 is 5.78 Å². The zero-order chi connectivity index (χ0) is 15.3. The molecule has 0 heterocycles. The standard InChI is InChI=1S/C17H26FNO/c1-12-5-7-15(18)14(11-12)16(20)8-6-13(9-10-19)17(2,3)4/h5,7,11,13H,6,8-10,19H2,1-4H3. The van der Waals surface area contributed by atoms with Crippen LogP contribution >= 0.6 is 0 Å². The number of aryl methyl sites for hydroxylation is 1. The fourth-order valence-electron chi connectivity index (χ4n) is 2.50. The Morgan fingerprint density at radius 3 is 2.50 bits per heavy atom. The molecule has 0 spiro atoms. The van der Waals surface area contributed by atoms with Crippen molar-refractivity contribution in [3.05, 3.63) is 35.1 Å². The number of carbonyl (C=O) groups is 1. The van der Waals surface area contributed by atoms with Gasteiger partial charge in [-0.15, -0.1) is 0 Å². The summed E-state index contributed by atoms with van der Waals surface area (Å²) in [6.45, 7) is 8.96. The molecule has 112 valence electrons. The molecule has 1 unspecified atom stereocenters. The third-order valence-electron chi connectivity index (χ3n) is 3.88. The molecule has 0 aliphatic rings. The fraction of sp³-hybridized carbons (Fsp3) is 0.588. The van der Waals surface area contributed by atoms with E-state index in [0.29, 0.717) is 18.9 Å². The molecule has 3 heteroatoms. The monoisotopic (exact) mass is 279 g/mol. The fourth-order valence-corrected chi connectivity index (χ4v) is 2.50. The highest BCUT2D eigenvalue weighted by Gasteiger charge is 2.25. The molecule has 0 aliphatic heterocycles. The first-order chi connectivity index (χ1) is 9.25. The van der Waals surface area contributed by atoms with Crippen molar-refractivity contribution < 1.29 is 9.18 Å². The number of Topliss-reactive ketones (excluding diaryl/α,β-unsaturated/α-hetero) is 1. The predicted octanol–water partition coefficient (Wildman–Crippen LogP) is 4.11. The van der Waals surface area contributed by atoms with Crippen LogP contribution in [0.2, 0.25) is 0 Å². The lowest BCUT2D eigenvalue weighted by molar-refractivity contribution is 0.0953. The molecule has 0 fully saturated rings. The molecule has 1 atom stereocenters. The third-order valence-corrected chi connectivity index (χ3v) is 3.88. The van der Waals surface area contributed by atoms with Gasteiger partial charge in [0.25, 0.3) is 0 Å². The molecule has 0 radical (unpaired) electrons. The molecule has 0 amide bonds. The molecule has 0 saturated heterocycles. The maximum Gasteiger partial charge on any atom is 0.165 e. The molecule has 2 nitrogen and oxygen atoms in total. The first-order valence-electron chi connectivity index (χ1n) is 7.25. The summed E-state index contributed by atoms with van der Waals surface area (Å²) in [4.78, 5) is 12.2. The van der Waals surface area contributed by atoms with E-state index in [9.17, 15) is 9.18 Å². The third kappa shape index (κ3) is 4.71. The van der Waals surface area contributed by atoms with Crippen molar-refractivity contribution in [1.82, 2.24) is 0 Å². The van der Waals surface area contributed by atoms with E-state index in [1.54, 1.807) is 12.1 Å². The molecule has 0 bridgehead atoms. The van der Waals surface area contributed by atoms with Crippen molar-refractivity contribution in [2.75, 3.05) is 6.54 Å². The Morgan fingerprint density at radius 1 is 1.30 bits per heavy atom. The van der Waals surface area contributed by atoms with Gasteiger partial charge in [-0.05, 0) is 49.8 Å². The van der Waals surface area contributed by atoms with Gasteiger partial charge in [0.1, 0.15) is 5.82 Å². The SMILES string of the molecule is Cc1ccc(F)c(C(=O)CCC(CCN)C(C)(C)C)c1. The van der Waals surface area contributed by atoms with Crippen molar-refractivity contribution in [1.29, 1.82) is 0 Å². The minimum atomic E-state index is -0.424. The first kappa shape index (κ1) is 16.8. The second-order valence-electron chi connectivity index (χ2n) is 6.59. The highest BCUT2D eigenvalue weighted by atomic mass is 19.1. The lowest BCUT2D eigenvalue weighted by Crippen LogP contribution is -2.24. The Labute approximate surface area is 121 Å². The second-order valence-corrected chi connectivity index (χ2v) is 6.59. The summed E-state index contributed by atoms with van der Waals surface area (Å²) in [6.07, 6.45) is 2.03. The van der Waals surface area contributed by atoms with E-state index in [0.717, 1.165) is 18.4 Å². The van der Waals surface area contributed by atoms with E-state index >= 15 is 0 Å². The van der Waals surface area contributed by atoms with Gasteiger partial charge in [0, 0.05) is 6.42 Å². The molecule has 0 aliphatic carbocycles. The van der Waals surface area contributed by atoms with Crippen LogP contribution in [0, 0.1) is 24.1 Å². The predicted molar refractivity (Wildman–Crippen MR) is 81.3 cm³/mol. The Kier molecular flexibility index (Phi) is 5.88. The van der Waals surface area contributed by atoms with Gasteiger partial charge >= 0.3 is 0 Å². The van der Waals surface area contributed by atoms with Crippen molar-refractivity contribution in [2.24, 2.45) is 17.1 Å². The van der Waals surface area contributed by atoms with E-state index in [1.807, 2.05) is 6.92 Å². The molecule has 1 rings (SSSR count). The van der Waals surface area contributed by atoms with Gasteiger partial charge in [-0.25, -0.2) is 4.39 Å². The van der Waals surface area contributed by atoms with Crippen LogP contribution < -0.4 is 5.73 Å². The van der Waals surface area contributed by atoms with E-state index < -0.39 is 5.82 Å². The molecule has 1 aromatic carbocycles. The molecular weight excluding hydrogens is 253 g/mol. The highest BCUT2D eigenvalue weighted by Crippen LogP contribution is 2.32. The minimum Gasteiger partial charge on any atom is -0.330 e. The van der Waals surface area contributed by atoms with Crippen LogP contribution in [-0.2, 0) is 0 Å². The van der Waals surface area contributed by atoms with Gasteiger partial charge in [-0.1, -0.05) is 32.4 Å². The Bertz CT molecular complexity index is 463. The summed E-state index contributed by atoms with van der Waals surface area (Å²) in [6, 6.07) is 4.68.